The summed E-state index contributed by atoms with van der Waals surface area (Å²) in [6.07, 6.45) is 0.781. The number of rotatable bonds is 2. The van der Waals surface area contributed by atoms with Gasteiger partial charge in [0.25, 0.3) is 0 Å². The van der Waals surface area contributed by atoms with Crippen molar-refractivity contribution in [1.29, 1.82) is 5.26 Å². The van der Waals surface area contributed by atoms with Gasteiger partial charge in [-0.2, -0.15) is 5.26 Å². The lowest BCUT2D eigenvalue weighted by Gasteiger charge is -1.98. The summed E-state index contributed by atoms with van der Waals surface area (Å²) in [6.45, 7) is 5.92. The van der Waals surface area contributed by atoms with Crippen LogP contribution >= 0.6 is 0 Å². The van der Waals surface area contributed by atoms with Crippen LogP contribution in [-0.2, 0) is 6.42 Å². The molecular formula is C9H12N2O. The number of nitrogens with zero attached hydrogens (tertiary/aromatic N) is 2. The van der Waals surface area contributed by atoms with Gasteiger partial charge in [0, 0.05) is 13.3 Å². The van der Waals surface area contributed by atoms with Crippen LogP contribution in [0, 0.1) is 24.2 Å². The molecule has 0 bridgehead atoms. The lowest BCUT2D eigenvalue weighted by molar-refractivity contribution is 0.447. The molecule has 0 radical (unpaired) electrons. The van der Waals surface area contributed by atoms with E-state index in [0.717, 1.165) is 6.42 Å². The lowest BCUT2D eigenvalue weighted by Crippen LogP contribution is -1.94. The molecule has 1 aromatic rings. The van der Waals surface area contributed by atoms with E-state index in [1.165, 1.54) is 0 Å². The van der Waals surface area contributed by atoms with Crippen molar-refractivity contribution in [1.82, 2.24) is 4.98 Å². The standard InChI is InChI=1S/C9H12N2O/c1-6(2)4-9-8(5-10)11-7(3)12-9/h6H,4H2,1-3H3. The molecule has 0 fully saturated rings. The van der Waals surface area contributed by atoms with Crippen molar-refractivity contribution in [3.63, 3.8) is 0 Å². The van der Waals surface area contributed by atoms with E-state index in [1.807, 2.05) is 6.07 Å². The zero-order valence-electron chi connectivity index (χ0n) is 7.59. The Morgan fingerprint density at radius 1 is 1.58 bits per heavy atom. The molecule has 12 heavy (non-hydrogen) atoms. The van der Waals surface area contributed by atoms with Crippen molar-refractivity contribution in [2.24, 2.45) is 5.92 Å². The molecule has 0 saturated heterocycles. The highest BCUT2D eigenvalue weighted by atomic mass is 16.4. The van der Waals surface area contributed by atoms with Gasteiger partial charge in [-0.15, -0.1) is 0 Å². The lowest BCUT2D eigenvalue weighted by atomic mass is 10.1. The first-order valence-electron chi connectivity index (χ1n) is 4.00. The van der Waals surface area contributed by atoms with Crippen LogP contribution in [0.1, 0.15) is 31.2 Å². The fourth-order valence-corrected chi connectivity index (χ4v) is 1.07. The number of nitriles is 1. The maximum atomic E-state index is 8.67. The normalized spacial score (nSPS) is 10.2. The molecule has 64 valence electrons. The first kappa shape index (κ1) is 8.79. The van der Waals surface area contributed by atoms with E-state index >= 15 is 0 Å². The summed E-state index contributed by atoms with van der Waals surface area (Å²) < 4.78 is 5.28. The minimum absolute atomic E-state index is 0.432. The molecule has 0 aliphatic rings. The summed E-state index contributed by atoms with van der Waals surface area (Å²) in [5.41, 5.74) is 0.432. The number of hydrogen-bond donors (Lipinski definition) is 0. The molecule has 0 amide bonds. The van der Waals surface area contributed by atoms with E-state index < -0.39 is 0 Å². The van der Waals surface area contributed by atoms with E-state index in [-0.39, 0.29) is 0 Å². The number of hydrogen-bond acceptors (Lipinski definition) is 3. The Kier molecular flexibility index (Phi) is 2.49. The summed E-state index contributed by atoms with van der Waals surface area (Å²) in [6, 6.07) is 2.02. The molecule has 0 aliphatic heterocycles. The largest absolute Gasteiger partial charge is 0.445 e. The third-order valence-corrected chi connectivity index (χ3v) is 1.50. The van der Waals surface area contributed by atoms with Gasteiger partial charge >= 0.3 is 0 Å². The summed E-state index contributed by atoms with van der Waals surface area (Å²) >= 11 is 0. The molecule has 0 saturated carbocycles. The Hall–Kier alpha value is -1.30. The van der Waals surface area contributed by atoms with Gasteiger partial charge in [-0.3, -0.25) is 0 Å². The van der Waals surface area contributed by atoms with Crippen LogP contribution in [0.2, 0.25) is 0 Å². The Morgan fingerprint density at radius 2 is 2.25 bits per heavy atom. The number of aryl methyl sites for hydroxylation is 1. The van der Waals surface area contributed by atoms with Crippen LogP contribution in [0.3, 0.4) is 0 Å². The highest BCUT2D eigenvalue weighted by Crippen LogP contribution is 2.13. The van der Waals surface area contributed by atoms with Crippen LogP contribution in [0.25, 0.3) is 0 Å². The maximum Gasteiger partial charge on any atom is 0.192 e. The summed E-state index contributed by atoms with van der Waals surface area (Å²) in [4.78, 5) is 3.95. The molecule has 1 rings (SSSR count). The van der Waals surface area contributed by atoms with Crippen LogP contribution in [0.4, 0.5) is 0 Å². The van der Waals surface area contributed by atoms with Crippen LogP contribution in [0.15, 0.2) is 4.42 Å². The summed E-state index contributed by atoms with van der Waals surface area (Å²) in [7, 11) is 0. The molecule has 3 heteroatoms. The Bertz CT molecular complexity index is 307. The van der Waals surface area contributed by atoms with Crippen molar-refractivity contribution in [3.05, 3.63) is 17.3 Å². The third-order valence-electron chi connectivity index (χ3n) is 1.50. The van der Waals surface area contributed by atoms with Crippen molar-refractivity contribution in [3.8, 4) is 6.07 Å². The highest BCUT2D eigenvalue weighted by molar-refractivity contribution is 5.24. The molecule has 0 atom stereocenters. The molecule has 1 heterocycles. The van der Waals surface area contributed by atoms with Crippen molar-refractivity contribution in [2.45, 2.75) is 27.2 Å². The zero-order chi connectivity index (χ0) is 9.14. The van der Waals surface area contributed by atoms with Crippen molar-refractivity contribution >= 4 is 0 Å². The molecule has 0 unspecified atom stereocenters. The molecule has 0 spiro atoms. The van der Waals surface area contributed by atoms with E-state index in [0.29, 0.717) is 23.3 Å². The Morgan fingerprint density at radius 3 is 2.75 bits per heavy atom. The summed E-state index contributed by atoms with van der Waals surface area (Å²) in [5, 5.41) is 8.67. The first-order valence-corrected chi connectivity index (χ1v) is 4.00. The SMILES string of the molecule is Cc1nc(C#N)c(CC(C)C)o1. The molecule has 1 aromatic heterocycles. The quantitative estimate of drug-likeness (QED) is 0.672. The van der Waals surface area contributed by atoms with Gasteiger partial charge in [0.05, 0.1) is 0 Å². The minimum atomic E-state index is 0.432. The van der Waals surface area contributed by atoms with Crippen LogP contribution < -0.4 is 0 Å². The van der Waals surface area contributed by atoms with Gasteiger partial charge in [0.1, 0.15) is 11.8 Å². The number of aromatic nitrogens is 1. The van der Waals surface area contributed by atoms with Gasteiger partial charge in [-0.1, -0.05) is 13.8 Å². The topological polar surface area (TPSA) is 49.8 Å². The zero-order valence-corrected chi connectivity index (χ0v) is 7.59. The average Bonchev–Trinajstić information content (AvgIpc) is 2.29. The average molecular weight is 164 g/mol. The van der Waals surface area contributed by atoms with Gasteiger partial charge in [0.2, 0.25) is 0 Å². The summed E-state index contributed by atoms with van der Waals surface area (Å²) in [5.74, 6) is 1.77. The van der Waals surface area contributed by atoms with Gasteiger partial charge < -0.3 is 4.42 Å². The van der Waals surface area contributed by atoms with E-state index in [2.05, 4.69) is 18.8 Å². The van der Waals surface area contributed by atoms with Crippen LogP contribution in [-0.4, -0.2) is 4.98 Å². The molecular weight excluding hydrogens is 152 g/mol. The van der Waals surface area contributed by atoms with Crippen LogP contribution in [0.5, 0.6) is 0 Å². The van der Waals surface area contributed by atoms with Gasteiger partial charge in [0.15, 0.2) is 11.6 Å². The van der Waals surface area contributed by atoms with Gasteiger partial charge in [-0.25, -0.2) is 4.98 Å². The fourth-order valence-electron chi connectivity index (χ4n) is 1.07. The molecule has 3 nitrogen and oxygen atoms in total. The second kappa shape index (κ2) is 3.40. The van der Waals surface area contributed by atoms with Gasteiger partial charge in [-0.05, 0) is 5.92 Å². The minimum Gasteiger partial charge on any atom is -0.445 e. The first-order chi connectivity index (χ1) is 5.63. The Labute approximate surface area is 72.0 Å². The second-order valence-corrected chi connectivity index (χ2v) is 3.21. The van der Waals surface area contributed by atoms with Crippen molar-refractivity contribution < 1.29 is 4.42 Å². The predicted octanol–water partition coefficient (Wildman–Crippen LogP) is 2.05. The predicted molar refractivity (Wildman–Crippen MR) is 44.5 cm³/mol. The maximum absolute atomic E-state index is 8.67. The molecule has 0 aromatic carbocycles. The molecule has 0 aliphatic carbocycles. The van der Waals surface area contributed by atoms with Crippen molar-refractivity contribution in [2.75, 3.05) is 0 Å². The Balaban J connectivity index is 2.91. The smallest absolute Gasteiger partial charge is 0.192 e. The molecule has 0 N–H and O–H groups in total. The number of oxazole rings is 1. The fraction of sp³-hybridized carbons (Fsp3) is 0.556. The highest BCUT2D eigenvalue weighted by Gasteiger charge is 2.11. The van der Waals surface area contributed by atoms with E-state index in [9.17, 15) is 0 Å². The monoisotopic (exact) mass is 164 g/mol. The van der Waals surface area contributed by atoms with E-state index in [4.69, 9.17) is 9.68 Å². The van der Waals surface area contributed by atoms with E-state index in [1.54, 1.807) is 6.92 Å². The third kappa shape index (κ3) is 1.85. The second-order valence-electron chi connectivity index (χ2n) is 3.21.